The summed E-state index contributed by atoms with van der Waals surface area (Å²) in [6, 6.07) is 23.3. The van der Waals surface area contributed by atoms with Crippen molar-refractivity contribution in [3.05, 3.63) is 72.8 Å². The van der Waals surface area contributed by atoms with Crippen molar-refractivity contribution < 1.29 is 0 Å². The van der Waals surface area contributed by atoms with E-state index in [0.29, 0.717) is 17.5 Å². The molecule has 0 aliphatic carbocycles. The highest BCUT2D eigenvalue weighted by Gasteiger charge is 2.12. The minimum absolute atomic E-state index is 0.619. The number of aromatic nitrogens is 3. The first kappa shape index (κ1) is 18.1. The third-order valence-corrected chi connectivity index (χ3v) is 4.91. The third kappa shape index (κ3) is 4.18. The molecule has 3 nitrogen and oxygen atoms in total. The fourth-order valence-electron chi connectivity index (χ4n) is 2.59. The van der Waals surface area contributed by atoms with Crippen LogP contribution in [0, 0.1) is 0 Å². The van der Waals surface area contributed by atoms with Gasteiger partial charge in [-0.3, -0.25) is 0 Å². The van der Waals surface area contributed by atoms with E-state index in [2.05, 4.69) is 52.8 Å². The van der Waals surface area contributed by atoms with Crippen LogP contribution in [0.5, 0.6) is 0 Å². The van der Waals surface area contributed by atoms with E-state index in [1.165, 1.54) is 0 Å². The summed E-state index contributed by atoms with van der Waals surface area (Å²) in [5.41, 5.74) is 2.73. The Morgan fingerprint density at radius 3 is 0.815 bits per heavy atom. The average molecular weight is 406 g/mol. The van der Waals surface area contributed by atoms with Gasteiger partial charge >= 0.3 is 0 Å². The molecule has 0 radical (unpaired) electrons. The van der Waals surface area contributed by atoms with Crippen molar-refractivity contribution in [1.29, 1.82) is 0 Å². The number of rotatable bonds is 3. The summed E-state index contributed by atoms with van der Waals surface area (Å²) in [6.07, 6.45) is 0. The Kier molecular flexibility index (Phi) is 5.20. The van der Waals surface area contributed by atoms with Crippen LogP contribution in [0.4, 0.5) is 0 Å². The van der Waals surface area contributed by atoms with E-state index in [1.54, 1.807) is 0 Å². The second kappa shape index (κ2) is 7.76. The van der Waals surface area contributed by atoms with Crippen LogP contribution in [-0.4, -0.2) is 15.0 Å². The highest BCUT2D eigenvalue weighted by molar-refractivity contribution is 7.80. The molecule has 0 unspecified atom stereocenters. The lowest BCUT2D eigenvalue weighted by molar-refractivity contribution is 1.07. The Balaban J connectivity index is 1.89. The Hall–Kier alpha value is -2.28. The van der Waals surface area contributed by atoms with Gasteiger partial charge in [-0.15, -0.1) is 37.9 Å². The molecule has 0 spiro atoms. The summed E-state index contributed by atoms with van der Waals surface area (Å²) in [5, 5.41) is 0. The maximum atomic E-state index is 4.69. The third-order valence-electron chi connectivity index (χ3n) is 4.01. The van der Waals surface area contributed by atoms with Crippen LogP contribution in [0.15, 0.2) is 87.5 Å². The smallest absolute Gasteiger partial charge is 0.164 e. The quantitative estimate of drug-likeness (QED) is 0.381. The molecular formula is C21H15N3S3. The molecule has 0 amide bonds. The molecular weight excluding hydrogens is 390 g/mol. The Morgan fingerprint density at radius 2 is 0.593 bits per heavy atom. The van der Waals surface area contributed by atoms with Crippen LogP contribution in [0.2, 0.25) is 0 Å². The number of benzene rings is 3. The van der Waals surface area contributed by atoms with Crippen molar-refractivity contribution in [2.75, 3.05) is 0 Å². The zero-order chi connectivity index (χ0) is 18.8. The van der Waals surface area contributed by atoms with Gasteiger partial charge in [0.05, 0.1) is 0 Å². The van der Waals surface area contributed by atoms with Gasteiger partial charge in [0.15, 0.2) is 17.5 Å². The average Bonchev–Trinajstić information content (AvgIpc) is 2.69. The van der Waals surface area contributed by atoms with Gasteiger partial charge in [-0.25, -0.2) is 15.0 Å². The normalized spacial score (nSPS) is 10.8. The summed E-state index contributed by atoms with van der Waals surface area (Å²) in [6.45, 7) is 0. The second-order valence-electron chi connectivity index (χ2n) is 5.95. The van der Waals surface area contributed by atoms with E-state index in [9.17, 15) is 0 Å². The summed E-state index contributed by atoms with van der Waals surface area (Å²) >= 11 is 13.1. The fraction of sp³-hybridized carbons (Fsp3) is 0. The van der Waals surface area contributed by atoms with Crippen molar-refractivity contribution in [3.63, 3.8) is 0 Å². The first-order chi connectivity index (χ1) is 13.1. The van der Waals surface area contributed by atoms with Gasteiger partial charge in [-0.05, 0) is 36.4 Å². The van der Waals surface area contributed by atoms with Gasteiger partial charge < -0.3 is 0 Å². The first-order valence-corrected chi connectivity index (χ1v) is 9.57. The minimum Gasteiger partial charge on any atom is -0.208 e. The molecule has 1 heterocycles. The molecule has 27 heavy (non-hydrogen) atoms. The molecule has 0 aliphatic heterocycles. The molecule has 3 aromatic carbocycles. The molecule has 1 aromatic heterocycles. The lowest BCUT2D eigenvalue weighted by atomic mass is 10.1. The van der Waals surface area contributed by atoms with Crippen molar-refractivity contribution in [1.82, 2.24) is 15.0 Å². The van der Waals surface area contributed by atoms with Gasteiger partial charge in [0.1, 0.15) is 0 Å². The molecule has 0 atom stereocenters. The zero-order valence-corrected chi connectivity index (χ0v) is 16.8. The first-order valence-electron chi connectivity index (χ1n) is 8.23. The number of hydrogen-bond acceptors (Lipinski definition) is 6. The summed E-state index contributed by atoms with van der Waals surface area (Å²) in [7, 11) is 0. The van der Waals surface area contributed by atoms with Crippen LogP contribution in [0.3, 0.4) is 0 Å². The monoisotopic (exact) mass is 405 g/mol. The van der Waals surface area contributed by atoms with Gasteiger partial charge in [0, 0.05) is 31.4 Å². The predicted molar refractivity (Wildman–Crippen MR) is 118 cm³/mol. The van der Waals surface area contributed by atoms with E-state index in [-0.39, 0.29) is 0 Å². The predicted octanol–water partition coefficient (Wildman–Crippen LogP) is 5.74. The molecule has 4 rings (SSSR count). The van der Waals surface area contributed by atoms with E-state index in [1.807, 2.05) is 72.8 Å². The van der Waals surface area contributed by atoms with Crippen LogP contribution in [0.1, 0.15) is 0 Å². The number of hydrogen-bond donors (Lipinski definition) is 3. The highest BCUT2D eigenvalue weighted by Crippen LogP contribution is 2.26. The fourth-order valence-corrected chi connectivity index (χ4v) is 3.04. The van der Waals surface area contributed by atoms with Crippen LogP contribution in [-0.2, 0) is 0 Å². The van der Waals surface area contributed by atoms with Crippen LogP contribution >= 0.6 is 37.9 Å². The molecule has 6 heteroatoms. The second-order valence-corrected chi connectivity index (χ2v) is 7.50. The van der Waals surface area contributed by atoms with E-state index in [4.69, 9.17) is 0 Å². The van der Waals surface area contributed by atoms with Crippen molar-refractivity contribution in [2.24, 2.45) is 0 Å². The maximum Gasteiger partial charge on any atom is 0.164 e. The molecule has 0 aliphatic rings. The van der Waals surface area contributed by atoms with Crippen molar-refractivity contribution in [2.45, 2.75) is 14.7 Å². The Labute approximate surface area is 174 Å². The van der Waals surface area contributed by atoms with Crippen molar-refractivity contribution >= 4 is 37.9 Å². The minimum atomic E-state index is 0.619. The highest BCUT2D eigenvalue weighted by atomic mass is 32.1. The molecule has 0 saturated heterocycles. The standard InChI is InChI=1S/C21H15N3S3/c25-16-7-1-13(2-8-16)19-22-20(14-3-9-17(26)10-4-14)24-21(23-19)15-5-11-18(27)12-6-15/h1-12,25-27H. The molecule has 0 saturated carbocycles. The SMILES string of the molecule is Sc1ccc(-c2nc(-c3ccc(S)cc3)nc(-c3ccc(S)cc3)n2)cc1. The lowest BCUT2D eigenvalue weighted by Crippen LogP contribution is -2.00. The van der Waals surface area contributed by atoms with E-state index >= 15 is 0 Å². The molecule has 0 fully saturated rings. The van der Waals surface area contributed by atoms with Gasteiger partial charge in [-0.1, -0.05) is 36.4 Å². The number of nitrogens with zero attached hydrogens (tertiary/aromatic N) is 3. The zero-order valence-electron chi connectivity index (χ0n) is 14.1. The topological polar surface area (TPSA) is 38.7 Å². The largest absolute Gasteiger partial charge is 0.208 e. The molecule has 0 bridgehead atoms. The molecule has 0 N–H and O–H groups in total. The van der Waals surface area contributed by atoms with Crippen LogP contribution in [0.25, 0.3) is 34.2 Å². The van der Waals surface area contributed by atoms with E-state index < -0.39 is 0 Å². The molecule has 132 valence electrons. The van der Waals surface area contributed by atoms with Crippen LogP contribution < -0.4 is 0 Å². The van der Waals surface area contributed by atoms with Gasteiger partial charge in [0.25, 0.3) is 0 Å². The number of thiol groups is 3. The Bertz CT molecular complexity index is 923. The molecule has 4 aromatic rings. The maximum absolute atomic E-state index is 4.69. The van der Waals surface area contributed by atoms with Gasteiger partial charge in [-0.2, -0.15) is 0 Å². The summed E-state index contributed by atoms with van der Waals surface area (Å²) in [4.78, 5) is 16.7. The lowest BCUT2D eigenvalue weighted by Gasteiger charge is -2.09. The van der Waals surface area contributed by atoms with Crippen molar-refractivity contribution in [3.8, 4) is 34.2 Å². The van der Waals surface area contributed by atoms with Gasteiger partial charge in [0.2, 0.25) is 0 Å². The Morgan fingerprint density at radius 1 is 0.370 bits per heavy atom. The summed E-state index contributed by atoms with van der Waals surface area (Å²) < 4.78 is 0. The summed E-state index contributed by atoms with van der Waals surface area (Å²) in [5.74, 6) is 1.86. The van der Waals surface area contributed by atoms with E-state index in [0.717, 1.165) is 31.4 Å².